The van der Waals surface area contributed by atoms with Crippen LogP contribution in [0.5, 0.6) is 0 Å². The molecule has 2 aliphatic rings. The molecule has 3 heterocycles. The lowest BCUT2D eigenvalue weighted by Gasteiger charge is -2.45. The highest BCUT2D eigenvalue weighted by molar-refractivity contribution is 7.89. The van der Waals surface area contributed by atoms with E-state index in [1.165, 1.54) is 10.4 Å². The molecule has 0 unspecified atom stereocenters. The van der Waals surface area contributed by atoms with Gasteiger partial charge in [-0.05, 0) is 48.1 Å². The summed E-state index contributed by atoms with van der Waals surface area (Å²) in [5.41, 5.74) is 2.39. The van der Waals surface area contributed by atoms with Crippen LogP contribution in [0.15, 0.2) is 40.6 Å². The molecule has 0 spiro atoms. The van der Waals surface area contributed by atoms with E-state index in [0.717, 1.165) is 25.1 Å². The van der Waals surface area contributed by atoms with Crippen molar-refractivity contribution in [3.8, 4) is 0 Å². The number of aryl methyl sites for hydroxylation is 1. The highest BCUT2D eigenvalue weighted by atomic mass is 32.2. The van der Waals surface area contributed by atoms with Crippen LogP contribution in [0.25, 0.3) is 0 Å². The third kappa shape index (κ3) is 2.74. The van der Waals surface area contributed by atoms with Crippen molar-refractivity contribution in [1.29, 1.82) is 0 Å². The molecule has 4 rings (SSSR count). The maximum absolute atomic E-state index is 12.7. The molecule has 1 fully saturated rings. The van der Waals surface area contributed by atoms with E-state index in [9.17, 15) is 8.42 Å². The Labute approximate surface area is 141 Å². The molecule has 23 heavy (non-hydrogen) atoms. The molecule has 122 valence electrons. The van der Waals surface area contributed by atoms with Gasteiger partial charge in [0.15, 0.2) is 0 Å². The van der Waals surface area contributed by atoms with Crippen LogP contribution in [-0.2, 0) is 23.0 Å². The molecule has 2 aliphatic heterocycles. The first-order valence-electron chi connectivity index (χ1n) is 7.90. The second-order valence-electron chi connectivity index (χ2n) is 6.38. The molecule has 0 bridgehead atoms. The first kappa shape index (κ1) is 15.3. The predicted octanol–water partition coefficient (Wildman–Crippen LogP) is 2.49. The normalized spacial score (nSPS) is 20.2. The van der Waals surface area contributed by atoms with Gasteiger partial charge in [0, 0.05) is 37.1 Å². The van der Waals surface area contributed by atoms with E-state index in [-0.39, 0.29) is 0 Å². The maximum atomic E-state index is 12.7. The molecule has 4 nitrogen and oxygen atoms in total. The summed E-state index contributed by atoms with van der Waals surface area (Å²) in [6.45, 7) is 5.13. The molecule has 0 atom stereocenters. The summed E-state index contributed by atoms with van der Waals surface area (Å²) >= 11 is 1.84. The first-order chi connectivity index (χ1) is 11.0. The Morgan fingerprint density at radius 1 is 1.22 bits per heavy atom. The zero-order chi connectivity index (χ0) is 16.0. The van der Waals surface area contributed by atoms with Crippen LogP contribution in [0, 0.1) is 6.92 Å². The van der Waals surface area contributed by atoms with Gasteiger partial charge in [-0.3, -0.25) is 4.90 Å². The Balaban J connectivity index is 1.44. The highest BCUT2D eigenvalue weighted by Gasteiger charge is 2.40. The van der Waals surface area contributed by atoms with Gasteiger partial charge in [-0.25, -0.2) is 8.42 Å². The minimum absolute atomic E-state index is 0.350. The van der Waals surface area contributed by atoms with Gasteiger partial charge in [-0.15, -0.1) is 11.3 Å². The number of fused-ring (bicyclic) bond motifs is 1. The number of nitrogens with zero attached hydrogens (tertiary/aromatic N) is 2. The topological polar surface area (TPSA) is 40.6 Å². The third-order valence-corrected chi connectivity index (χ3v) is 7.66. The molecule has 0 saturated carbocycles. The van der Waals surface area contributed by atoms with Crippen molar-refractivity contribution in [1.82, 2.24) is 9.21 Å². The standard InChI is InChI=1S/C17H20N2O2S2/c1-13-3-2-4-16(9-13)23(20,21)19-11-15(12-19)18-7-5-17-14(10-18)6-8-22-17/h2-4,6,8-9,15H,5,7,10-12H2,1H3. The average molecular weight is 348 g/mol. The van der Waals surface area contributed by atoms with Crippen molar-refractivity contribution in [2.45, 2.75) is 30.8 Å². The molecule has 1 aromatic carbocycles. The molecular weight excluding hydrogens is 328 g/mol. The van der Waals surface area contributed by atoms with Crippen molar-refractivity contribution < 1.29 is 8.42 Å². The van der Waals surface area contributed by atoms with Gasteiger partial charge in [-0.1, -0.05) is 12.1 Å². The number of benzene rings is 1. The third-order valence-electron chi connectivity index (χ3n) is 4.81. The van der Waals surface area contributed by atoms with Gasteiger partial charge in [0.2, 0.25) is 10.0 Å². The molecule has 1 saturated heterocycles. The monoisotopic (exact) mass is 348 g/mol. The van der Waals surface area contributed by atoms with Gasteiger partial charge in [0.1, 0.15) is 0 Å². The minimum Gasteiger partial charge on any atom is -0.293 e. The molecular formula is C17H20N2O2S2. The van der Waals surface area contributed by atoms with E-state index < -0.39 is 10.0 Å². The van der Waals surface area contributed by atoms with E-state index in [1.54, 1.807) is 16.4 Å². The van der Waals surface area contributed by atoms with Crippen LogP contribution in [0.3, 0.4) is 0 Å². The van der Waals surface area contributed by atoms with Crippen LogP contribution >= 0.6 is 11.3 Å². The SMILES string of the molecule is Cc1cccc(S(=O)(=O)N2CC(N3CCc4sccc4C3)C2)c1. The second-order valence-corrected chi connectivity index (χ2v) is 9.32. The number of sulfonamides is 1. The first-order valence-corrected chi connectivity index (χ1v) is 10.2. The van der Waals surface area contributed by atoms with Crippen molar-refractivity contribution >= 4 is 21.4 Å². The summed E-state index contributed by atoms with van der Waals surface area (Å²) in [4.78, 5) is 4.33. The van der Waals surface area contributed by atoms with Crippen LogP contribution in [0.4, 0.5) is 0 Å². The van der Waals surface area contributed by atoms with Gasteiger partial charge < -0.3 is 0 Å². The molecule has 6 heteroatoms. The van der Waals surface area contributed by atoms with Crippen molar-refractivity contribution in [2.24, 2.45) is 0 Å². The Morgan fingerprint density at radius 2 is 2.04 bits per heavy atom. The fraction of sp³-hybridized carbons (Fsp3) is 0.412. The Kier molecular flexibility index (Phi) is 3.80. The van der Waals surface area contributed by atoms with Gasteiger partial charge in [-0.2, -0.15) is 4.31 Å². The van der Waals surface area contributed by atoms with Crippen LogP contribution in [-0.4, -0.2) is 43.3 Å². The van der Waals surface area contributed by atoms with Crippen molar-refractivity contribution in [3.63, 3.8) is 0 Å². The summed E-state index contributed by atoms with van der Waals surface area (Å²) in [5.74, 6) is 0. The molecule has 0 amide bonds. The Hall–Kier alpha value is -1.21. The summed E-state index contributed by atoms with van der Waals surface area (Å²) in [7, 11) is -3.34. The highest BCUT2D eigenvalue weighted by Crippen LogP contribution is 2.30. The average Bonchev–Trinajstić information content (AvgIpc) is 2.93. The second kappa shape index (κ2) is 5.70. The number of hydrogen-bond donors (Lipinski definition) is 0. The zero-order valence-electron chi connectivity index (χ0n) is 13.1. The Morgan fingerprint density at radius 3 is 2.83 bits per heavy atom. The fourth-order valence-corrected chi connectivity index (χ4v) is 5.86. The van der Waals surface area contributed by atoms with Gasteiger partial charge >= 0.3 is 0 Å². The largest absolute Gasteiger partial charge is 0.293 e. The summed E-state index contributed by atoms with van der Waals surface area (Å²) in [6, 6.07) is 9.72. The van der Waals surface area contributed by atoms with E-state index in [0.29, 0.717) is 24.0 Å². The smallest absolute Gasteiger partial charge is 0.243 e. The van der Waals surface area contributed by atoms with Gasteiger partial charge in [0.05, 0.1) is 4.90 Å². The van der Waals surface area contributed by atoms with E-state index >= 15 is 0 Å². The van der Waals surface area contributed by atoms with E-state index in [1.807, 2.05) is 30.4 Å². The fourth-order valence-electron chi connectivity index (χ4n) is 3.35. The quantitative estimate of drug-likeness (QED) is 0.856. The van der Waals surface area contributed by atoms with Gasteiger partial charge in [0.25, 0.3) is 0 Å². The van der Waals surface area contributed by atoms with Crippen LogP contribution in [0.2, 0.25) is 0 Å². The minimum atomic E-state index is -3.34. The van der Waals surface area contributed by atoms with Crippen LogP contribution < -0.4 is 0 Å². The molecule has 1 aromatic heterocycles. The lowest BCUT2D eigenvalue weighted by molar-refractivity contribution is 0.0775. The van der Waals surface area contributed by atoms with E-state index in [4.69, 9.17) is 0 Å². The Bertz CT molecular complexity index is 823. The lowest BCUT2D eigenvalue weighted by Crippen LogP contribution is -2.61. The summed E-state index contributed by atoms with van der Waals surface area (Å²) in [6.07, 6.45) is 1.09. The zero-order valence-corrected chi connectivity index (χ0v) is 14.7. The molecule has 0 radical (unpaired) electrons. The molecule has 0 aliphatic carbocycles. The molecule has 2 aromatic rings. The van der Waals surface area contributed by atoms with Crippen molar-refractivity contribution in [2.75, 3.05) is 19.6 Å². The van der Waals surface area contributed by atoms with Crippen LogP contribution in [0.1, 0.15) is 16.0 Å². The number of hydrogen-bond acceptors (Lipinski definition) is 4. The summed E-state index contributed by atoms with van der Waals surface area (Å²) in [5, 5.41) is 2.16. The van der Waals surface area contributed by atoms with Crippen molar-refractivity contribution in [3.05, 3.63) is 51.7 Å². The lowest BCUT2D eigenvalue weighted by atomic mass is 10.0. The maximum Gasteiger partial charge on any atom is 0.243 e. The van der Waals surface area contributed by atoms with E-state index in [2.05, 4.69) is 16.3 Å². The molecule has 0 N–H and O–H groups in total. The summed E-state index contributed by atoms with van der Waals surface area (Å²) < 4.78 is 26.9. The predicted molar refractivity (Wildman–Crippen MR) is 92.2 cm³/mol. The number of rotatable bonds is 3. The number of thiophene rings is 1.